The van der Waals surface area contributed by atoms with Gasteiger partial charge in [0, 0.05) is 11.7 Å². The maximum Gasteiger partial charge on any atom is 0.230 e. The van der Waals surface area contributed by atoms with Gasteiger partial charge in [0.1, 0.15) is 0 Å². The summed E-state index contributed by atoms with van der Waals surface area (Å²) in [5.74, 6) is 0.887. The molecular formula is C18H28N2O. The molecule has 2 rings (SSSR count). The topological polar surface area (TPSA) is 55.1 Å². The molecule has 0 radical (unpaired) electrons. The van der Waals surface area contributed by atoms with Crippen LogP contribution in [0.3, 0.4) is 0 Å². The van der Waals surface area contributed by atoms with Crippen molar-refractivity contribution in [2.75, 3.05) is 5.73 Å². The molecule has 3 N–H and O–H groups in total. The zero-order valence-electron chi connectivity index (χ0n) is 13.5. The molecule has 1 aliphatic rings. The second-order valence-electron chi connectivity index (χ2n) is 6.86. The summed E-state index contributed by atoms with van der Waals surface area (Å²) in [4.78, 5) is 12.7. The highest BCUT2D eigenvalue weighted by molar-refractivity contribution is 5.87. The third kappa shape index (κ3) is 3.78. The molecule has 21 heavy (non-hydrogen) atoms. The highest BCUT2D eigenvalue weighted by atomic mass is 16.2. The van der Waals surface area contributed by atoms with Crippen LogP contribution < -0.4 is 11.1 Å². The lowest BCUT2D eigenvalue weighted by Gasteiger charge is -2.32. The Morgan fingerprint density at radius 2 is 1.95 bits per heavy atom. The number of hydrogen-bond donors (Lipinski definition) is 2. The second kappa shape index (κ2) is 6.50. The lowest BCUT2D eigenvalue weighted by atomic mass is 9.81. The number of amides is 1. The first-order valence-corrected chi connectivity index (χ1v) is 8.10. The Labute approximate surface area is 128 Å². The van der Waals surface area contributed by atoms with Gasteiger partial charge in [-0.2, -0.15) is 0 Å². The predicted molar refractivity (Wildman–Crippen MR) is 88.1 cm³/mol. The van der Waals surface area contributed by atoms with Crippen LogP contribution in [0.25, 0.3) is 0 Å². The van der Waals surface area contributed by atoms with Gasteiger partial charge >= 0.3 is 0 Å². The molecule has 2 unspecified atom stereocenters. The van der Waals surface area contributed by atoms with Gasteiger partial charge in [0.2, 0.25) is 5.91 Å². The van der Waals surface area contributed by atoms with Crippen LogP contribution in [0.4, 0.5) is 5.69 Å². The molecule has 0 heterocycles. The minimum absolute atomic E-state index is 0.119. The number of anilines is 1. The summed E-state index contributed by atoms with van der Waals surface area (Å²) >= 11 is 0. The first-order chi connectivity index (χ1) is 9.93. The van der Waals surface area contributed by atoms with Gasteiger partial charge in [0.25, 0.3) is 0 Å². The number of carbonyl (C=O) groups is 1. The van der Waals surface area contributed by atoms with Gasteiger partial charge in [-0.1, -0.05) is 38.3 Å². The zero-order chi connectivity index (χ0) is 15.5. The average Bonchev–Trinajstić information content (AvgIpc) is 2.48. The van der Waals surface area contributed by atoms with Gasteiger partial charge in [-0.15, -0.1) is 0 Å². The number of benzene rings is 1. The van der Waals surface area contributed by atoms with Crippen molar-refractivity contribution >= 4 is 11.6 Å². The second-order valence-corrected chi connectivity index (χ2v) is 6.86. The van der Waals surface area contributed by atoms with Crippen LogP contribution in [0.1, 0.15) is 58.4 Å². The van der Waals surface area contributed by atoms with Gasteiger partial charge in [-0.3, -0.25) is 4.79 Å². The Morgan fingerprint density at radius 3 is 2.57 bits per heavy atom. The largest absolute Gasteiger partial charge is 0.399 e. The fourth-order valence-electron chi connectivity index (χ4n) is 3.19. The van der Waals surface area contributed by atoms with Crippen LogP contribution in [0.15, 0.2) is 24.3 Å². The first-order valence-electron chi connectivity index (χ1n) is 8.10. The Bertz CT molecular complexity index is 478. The van der Waals surface area contributed by atoms with Gasteiger partial charge in [-0.25, -0.2) is 0 Å². The van der Waals surface area contributed by atoms with Crippen molar-refractivity contribution in [2.24, 2.45) is 5.92 Å². The number of carbonyl (C=O) groups excluding carboxylic acids is 1. The van der Waals surface area contributed by atoms with E-state index < -0.39 is 5.41 Å². The third-order valence-corrected chi connectivity index (χ3v) is 4.90. The van der Waals surface area contributed by atoms with E-state index in [4.69, 9.17) is 5.73 Å². The molecule has 1 aromatic carbocycles. The van der Waals surface area contributed by atoms with Crippen LogP contribution in [-0.4, -0.2) is 11.9 Å². The lowest BCUT2D eigenvalue weighted by Crippen LogP contribution is -2.46. The third-order valence-electron chi connectivity index (χ3n) is 4.90. The van der Waals surface area contributed by atoms with E-state index in [-0.39, 0.29) is 5.91 Å². The number of hydrogen-bond acceptors (Lipinski definition) is 2. The van der Waals surface area contributed by atoms with E-state index in [1.165, 1.54) is 19.3 Å². The fraction of sp³-hybridized carbons (Fsp3) is 0.611. The Hall–Kier alpha value is -1.51. The summed E-state index contributed by atoms with van der Waals surface area (Å²) < 4.78 is 0. The summed E-state index contributed by atoms with van der Waals surface area (Å²) in [6.45, 7) is 6.20. The molecule has 0 bridgehead atoms. The van der Waals surface area contributed by atoms with E-state index in [1.807, 2.05) is 38.1 Å². The zero-order valence-corrected chi connectivity index (χ0v) is 13.5. The molecule has 1 aliphatic carbocycles. The average molecular weight is 288 g/mol. The van der Waals surface area contributed by atoms with Crippen LogP contribution in [-0.2, 0) is 10.2 Å². The van der Waals surface area contributed by atoms with Gasteiger partial charge in [0.15, 0.2) is 0 Å². The quantitative estimate of drug-likeness (QED) is 0.831. The van der Waals surface area contributed by atoms with Crippen molar-refractivity contribution < 1.29 is 4.79 Å². The molecule has 3 nitrogen and oxygen atoms in total. The minimum Gasteiger partial charge on any atom is -0.399 e. The van der Waals surface area contributed by atoms with Gasteiger partial charge in [0.05, 0.1) is 5.41 Å². The van der Waals surface area contributed by atoms with Crippen LogP contribution in [0, 0.1) is 5.92 Å². The van der Waals surface area contributed by atoms with Gasteiger partial charge in [-0.05, 0) is 50.3 Å². The smallest absolute Gasteiger partial charge is 0.230 e. The lowest BCUT2D eigenvalue weighted by molar-refractivity contribution is -0.126. The van der Waals surface area contributed by atoms with Crippen molar-refractivity contribution in [3.8, 4) is 0 Å². The normalized spacial score (nSPS) is 22.8. The minimum atomic E-state index is -0.521. The monoisotopic (exact) mass is 288 g/mol. The number of nitrogens with one attached hydrogen (secondary N) is 1. The van der Waals surface area contributed by atoms with Crippen LogP contribution in [0.2, 0.25) is 0 Å². The highest BCUT2D eigenvalue weighted by Gasteiger charge is 2.32. The molecule has 1 aromatic rings. The Kier molecular flexibility index (Phi) is 4.92. The molecule has 0 aliphatic heterocycles. The van der Waals surface area contributed by atoms with E-state index in [9.17, 15) is 4.79 Å². The van der Waals surface area contributed by atoms with Crippen molar-refractivity contribution in [2.45, 2.75) is 64.3 Å². The van der Waals surface area contributed by atoms with Crippen LogP contribution >= 0.6 is 0 Å². The molecule has 0 spiro atoms. The Morgan fingerprint density at radius 1 is 1.29 bits per heavy atom. The fourth-order valence-corrected chi connectivity index (χ4v) is 3.19. The molecule has 1 fully saturated rings. The molecular weight excluding hydrogens is 260 g/mol. The summed E-state index contributed by atoms with van der Waals surface area (Å²) in [6, 6.07) is 7.95. The maximum absolute atomic E-state index is 12.7. The number of nitrogen functional groups attached to an aromatic ring is 1. The van der Waals surface area contributed by atoms with E-state index >= 15 is 0 Å². The van der Waals surface area contributed by atoms with E-state index in [2.05, 4.69) is 12.2 Å². The van der Waals surface area contributed by atoms with E-state index in [0.717, 1.165) is 30.0 Å². The van der Waals surface area contributed by atoms with E-state index in [1.54, 1.807) is 0 Å². The van der Waals surface area contributed by atoms with Crippen LogP contribution in [0.5, 0.6) is 0 Å². The summed E-state index contributed by atoms with van der Waals surface area (Å²) in [5.41, 5.74) is 6.95. The predicted octanol–water partition coefficient (Wildman–Crippen LogP) is 3.63. The molecule has 0 aromatic heterocycles. The molecule has 1 amide bonds. The number of rotatable bonds is 4. The van der Waals surface area contributed by atoms with Crippen molar-refractivity contribution in [3.63, 3.8) is 0 Å². The summed E-state index contributed by atoms with van der Waals surface area (Å²) in [6.07, 6.45) is 5.99. The maximum atomic E-state index is 12.7. The summed E-state index contributed by atoms with van der Waals surface area (Å²) in [7, 11) is 0. The van der Waals surface area contributed by atoms with Crippen molar-refractivity contribution in [3.05, 3.63) is 29.8 Å². The molecule has 2 atom stereocenters. The molecule has 1 saturated carbocycles. The highest BCUT2D eigenvalue weighted by Crippen LogP contribution is 2.29. The van der Waals surface area contributed by atoms with Crippen molar-refractivity contribution in [1.82, 2.24) is 5.32 Å². The standard InChI is InChI=1S/C18H28N2O/c1-4-13-6-5-7-16(12-13)20-17(21)18(2,3)14-8-10-15(19)11-9-14/h8-11,13,16H,4-7,12,19H2,1-3H3,(H,20,21). The summed E-state index contributed by atoms with van der Waals surface area (Å²) in [5, 5.41) is 3.27. The van der Waals surface area contributed by atoms with Gasteiger partial charge < -0.3 is 11.1 Å². The van der Waals surface area contributed by atoms with Crippen molar-refractivity contribution in [1.29, 1.82) is 0 Å². The molecule has 116 valence electrons. The first kappa shape index (κ1) is 15.9. The SMILES string of the molecule is CCC1CCCC(NC(=O)C(C)(C)c2ccc(N)cc2)C1. The van der Waals surface area contributed by atoms with E-state index in [0.29, 0.717) is 6.04 Å². The Balaban J connectivity index is 2.02. The molecule has 3 heteroatoms. The molecule has 0 saturated heterocycles. The number of nitrogens with two attached hydrogens (primary N) is 1.